The zero-order valence-corrected chi connectivity index (χ0v) is 9.77. The van der Waals surface area contributed by atoms with Gasteiger partial charge in [-0.2, -0.15) is 0 Å². The van der Waals surface area contributed by atoms with Crippen LogP contribution in [0, 0.1) is 6.92 Å². The number of thiazole rings is 1. The molecule has 0 bridgehead atoms. The van der Waals surface area contributed by atoms with Gasteiger partial charge in [-0.3, -0.25) is 0 Å². The van der Waals surface area contributed by atoms with Crippen molar-refractivity contribution < 1.29 is 5.11 Å². The molecule has 1 aromatic heterocycles. The van der Waals surface area contributed by atoms with E-state index in [1.165, 1.54) is 16.9 Å². The van der Waals surface area contributed by atoms with E-state index >= 15 is 0 Å². The predicted octanol–water partition coefficient (Wildman–Crippen LogP) is 3.26. The van der Waals surface area contributed by atoms with Crippen LogP contribution in [-0.2, 0) is 6.61 Å². The van der Waals surface area contributed by atoms with E-state index in [0.717, 1.165) is 10.6 Å². The van der Waals surface area contributed by atoms with Gasteiger partial charge in [0.2, 0.25) is 0 Å². The van der Waals surface area contributed by atoms with Gasteiger partial charge in [0.1, 0.15) is 10.2 Å². The fraction of sp³-hybridized carbons (Fsp3) is 0.182. The van der Waals surface area contributed by atoms with E-state index in [1.54, 1.807) is 0 Å². The van der Waals surface area contributed by atoms with Crippen LogP contribution >= 0.6 is 22.9 Å². The monoisotopic (exact) mass is 239 g/mol. The van der Waals surface area contributed by atoms with E-state index in [0.29, 0.717) is 10.0 Å². The highest BCUT2D eigenvalue weighted by atomic mass is 35.5. The summed E-state index contributed by atoms with van der Waals surface area (Å²) in [6.45, 7) is 1.99. The molecule has 0 radical (unpaired) electrons. The Morgan fingerprint density at radius 2 is 2.00 bits per heavy atom. The Kier molecular flexibility index (Phi) is 3.05. The van der Waals surface area contributed by atoms with Gasteiger partial charge in [-0.25, -0.2) is 4.98 Å². The average Bonchev–Trinajstić information content (AvgIpc) is 2.61. The van der Waals surface area contributed by atoms with Gasteiger partial charge in [0.25, 0.3) is 0 Å². The number of rotatable bonds is 2. The lowest BCUT2D eigenvalue weighted by Crippen LogP contribution is -1.76. The summed E-state index contributed by atoms with van der Waals surface area (Å²) in [6, 6.07) is 8.07. The molecule has 2 aromatic rings. The molecule has 1 heterocycles. The fourth-order valence-corrected chi connectivity index (χ4v) is 2.38. The minimum Gasteiger partial charge on any atom is -0.391 e. The molecule has 0 saturated carbocycles. The van der Waals surface area contributed by atoms with Crippen LogP contribution in [0.15, 0.2) is 24.3 Å². The smallest absolute Gasteiger partial charge is 0.146 e. The van der Waals surface area contributed by atoms with Crippen LogP contribution in [0.4, 0.5) is 0 Å². The molecule has 1 N–H and O–H groups in total. The molecule has 0 aliphatic heterocycles. The molecule has 0 atom stereocenters. The molecule has 0 aliphatic carbocycles. The zero-order chi connectivity index (χ0) is 10.8. The van der Waals surface area contributed by atoms with E-state index in [9.17, 15) is 0 Å². The summed E-state index contributed by atoms with van der Waals surface area (Å²) in [5.74, 6) is 0. The number of aliphatic hydroxyl groups excluding tert-OH is 1. The van der Waals surface area contributed by atoms with E-state index in [4.69, 9.17) is 16.7 Å². The Morgan fingerprint density at radius 3 is 2.53 bits per heavy atom. The lowest BCUT2D eigenvalue weighted by atomic mass is 10.2. The largest absolute Gasteiger partial charge is 0.391 e. The van der Waals surface area contributed by atoms with Gasteiger partial charge in [-0.1, -0.05) is 41.4 Å². The van der Waals surface area contributed by atoms with Gasteiger partial charge in [0.15, 0.2) is 0 Å². The van der Waals surface area contributed by atoms with Crippen LogP contribution in [0.5, 0.6) is 0 Å². The molecule has 1 aromatic carbocycles. The second kappa shape index (κ2) is 4.31. The van der Waals surface area contributed by atoms with Crippen molar-refractivity contribution in [1.29, 1.82) is 0 Å². The highest BCUT2D eigenvalue weighted by Crippen LogP contribution is 2.30. The first-order valence-electron chi connectivity index (χ1n) is 4.54. The minimum atomic E-state index is -0.0532. The number of benzene rings is 1. The van der Waals surface area contributed by atoms with E-state index in [1.807, 2.05) is 31.2 Å². The van der Waals surface area contributed by atoms with Crippen LogP contribution in [0.2, 0.25) is 5.15 Å². The third kappa shape index (κ3) is 2.20. The second-order valence-corrected chi connectivity index (χ2v) is 4.70. The lowest BCUT2D eigenvalue weighted by Gasteiger charge is -1.95. The fourth-order valence-electron chi connectivity index (χ4n) is 1.25. The number of aromatic nitrogens is 1. The van der Waals surface area contributed by atoms with Crippen molar-refractivity contribution in [3.8, 4) is 10.6 Å². The molecular formula is C11H10ClNOS. The third-order valence-electron chi connectivity index (χ3n) is 2.09. The number of aliphatic hydroxyl groups is 1. The van der Waals surface area contributed by atoms with Crippen LogP contribution in [0.25, 0.3) is 10.6 Å². The molecule has 0 aliphatic rings. The van der Waals surface area contributed by atoms with Crippen molar-refractivity contribution >= 4 is 22.9 Å². The van der Waals surface area contributed by atoms with E-state index in [-0.39, 0.29) is 6.61 Å². The quantitative estimate of drug-likeness (QED) is 0.873. The average molecular weight is 240 g/mol. The molecule has 0 amide bonds. The van der Waals surface area contributed by atoms with Crippen molar-refractivity contribution in [2.75, 3.05) is 0 Å². The summed E-state index contributed by atoms with van der Waals surface area (Å²) >= 11 is 7.29. The first-order chi connectivity index (χ1) is 7.20. The van der Waals surface area contributed by atoms with Crippen molar-refractivity contribution in [3.05, 3.63) is 39.9 Å². The molecule has 4 heteroatoms. The second-order valence-electron chi connectivity index (χ2n) is 3.26. The standard InChI is InChI=1S/C11H10ClNOS/c1-7-2-4-8(5-3-7)11-13-10(12)9(6-14)15-11/h2-5,14H,6H2,1H3. The van der Waals surface area contributed by atoms with Gasteiger partial charge in [0.05, 0.1) is 11.5 Å². The molecule has 15 heavy (non-hydrogen) atoms. The SMILES string of the molecule is Cc1ccc(-c2nc(Cl)c(CO)s2)cc1. The summed E-state index contributed by atoms with van der Waals surface area (Å²) in [7, 11) is 0. The molecule has 2 rings (SSSR count). The van der Waals surface area contributed by atoms with Gasteiger partial charge in [-0.05, 0) is 6.92 Å². The Balaban J connectivity index is 2.41. The highest BCUT2D eigenvalue weighted by Gasteiger charge is 2.09. The number of hydrogen-bond donors (Lipinski definition) is 1. The normalized spacial score (nSPS) is 10.6. The maximum atomic E-state index is 9.01. The molecule has 0 fully saturated rings. The Hall–Kier alpha value is -0.900. The van der Waals surface area contributed by atoms with Crippen molar-refractivity contribution in [2.45, 2.75) is 13.5 Å². The van der Waals surface area contributed by atoms with Crippen LogP contribution in [0.1, 0.15) is 10.4 Å². The van der Waals surface area contributed by atoms with Gasteiger partial charge >= 0.3 is 0 Å². The summed E-state index contributed by atoms with van der Waals surface area (Å²) in [4.78, 5) is 4.92. The zero-order valence-electron chi connectivity index (χ0n) is 8.20. The molecule has 0 unspecified atom stereocenters. The highest BCUT2D eigenvalue weighted by molar-refractivity contribution is 7.15. The van der Waals surface area contributed by atoms with Gasteiger partial charge in [-0.15, -0.1) is 11.3 Å². The Morgan fingerprint density at radius 1 is 1.33 bits per heavy atom. The molecular weight excluding hydrogens is 230 g/mol. The van der Waals surface area contributed by atoms with Gasteiger partial charge < -0.3 is 5.11 Å². The van der Waals surface area contributed by atoms with Gasteiger partial charge in [0, 0.05) is 5.56 Å². The maximum Gasteiger partial charge on any atom is 0.146 e. The number of aryl methyl sites for hydroxylation is 1. The minimum absolute atomic E-state index is 0.0532. The number of hydrogen-bond acceptors (Lipinski definition) is 3. The summed E-state index contributed by atoms with van der Waals surface area (Å²) in [6.07, 6.45) is 0. The predicted molar refractivity (Wildman–Crippen MR) is 63.2 cm³/mol. The molecule has 78 valence electrons. The lowest BCUT2D eigenvalue weighted by molar-refractivity contribution is 0.285. The molecule has 2 nitrogen and oxygen atoms in total. The summed E-state index contributed by atoms with van der Waals surface area (Å²) < 4.78 is 0. The third-order valence-corrected chi connectivity index (χ3v) is 3.61. The van der Waals surface area contributed by atoms with Crippen LogP contribution in [0.3, 0.4) is 0 Å². The van der Waals surface area contributed by atoms with Crippen molar-refractivity contribution in [1.82, 2.24) is 4.98 Å². The first kappa shape index (κ1) is 10.6. The summed E-state index contributed by atoms with van der Waals surface area (Å²) in [5.41, 5.74) is 2.25. The molecule has 0 spiro atoms. The van der Waals surface area contributed by atoms with E-state index < -0.39 is 0 Å². The topological polar surface area (TPSA) is 33.1 Å². The first-order valence-corrected chi connectivity index (χ1v) is 5.73. The molecule has 0 saturated heterocycles. The number of nitrogens with zero attached hydrogens (tertiary/aromatic N) is 1. The maximum absolute atomic E-state index is 9.01. The Labute approximate surface area is 97.2 Å². The van der Waals surface area contributed by atoms with Crippen LogP contribution < -0.4 is 0 Å². The van der Waals surface area contributed by atoms with Crippen molar-refractivity contribution in [3.63, 3.8) is 0 Å². The van der Waals surface area contributed by atoms with Crippen LogP contribution in [-0.4, -0.2) is 10.1 Å². The van der Waals surface area contributed by atoms with Crippen molar-refractivity contribution in [2.24, 2.45) is 0 Å². The Bertz CT molecular complexity index is 464. The van der Waals surface area contributed by atoms with E-state index in [2.05, 4.69) is 4.98 Å². The number of halogens is 1. The summed E-state index contributed by atoms with van der Waals surface area (Å²) in [5, 5.41) is 10.3.